The summed E-state index contributed by atoms with van der Waals surface area (Å²) in [4.78, 5) is 11.1. The number of aliphatic hydroxyl groups is 1. The lowest BCUT2D eigenvalue weighted by Gasteiger charge is -2.04. The molecule has 0 bridgehead atoms. The smallest absolute Gasteiger partial charge is 0.335 e. The van der Waals surface area contributed by atoms with Gasteiger partial charge in [-0.25, -0.2) is 4.79 Å². The zero-order chi connectivity index (χ0) is 14.0. The molecule has 0 spiro atoms. The van der Waals surface area contributed by atoms with Crippen molar-refractivity contribution in [2.75, 3.05) is 0 Å². The lowest BCUT2D eigenvalue weighted by Crippen LogP contribution is -1.99. The van der Waals surface area contributed by atoms with E-state index in [2.05, 4.69) is 6.92 Å². The summed E-state index contributed by atoms with van der Waals surface area (Å²) in [5.41, 5.74) is 2.01. The van der Waals surface area contributed by atoms with E-state index in [0.29, 0.717) is 0 Å². The van der Waals surface area contributed by atoms with Gasteiger partial charge in [0, 0.05) is 29.2 Å². The van der Waals surface area contributed by atoms with Crippen molar-refractivity contribution in [1.82, 2.24) is 4.57 Å². The molecule has 0 fully saturated rings. The molecule has 2 N–H and O–H groups in total. The number of unbranched alkanes of at least 4 members (excludes halogenated alkanes) is 1. The van der Waals surface area contributed by atoms with Gasteiger partial charge in [-0.15, -0.1) is 0 Å². The van der Waals surface area contributed by atoms with Crippen molar-refractivity contribution < 1.29 is 15.0 Å². The highest BCUT2D eigenvalue weighted by Crippen LogP contribution is 2.27. The van der Waals surface area contributed by atoms with E-state index in [4.69, 9.17) is 5.11 Å². The average Bonchev–Trinajstić information content (AvgIpc) is 2.74. The third-order valence-corrected chi connectivity index (χ3v) is 3.36. The molecule has 19 heavy (non-hydrogen) atoms. The molecule has 0 saturated carbocycles. The van der Waals surface area contributed by atoms with E-state index in [1.807, 2.05) is 10.8 Å². The van der Waals surface area contributed by atoms with Crippen LogP contribution in [0.3, 0.4) is 0 Å². The molecule has 1 unspecified atom stereocenters. The number of aromatic nitrogens is 1. The zero-order valence-electron chi connectivity index (χ0n) is 11.3. The Morgan fingerprint density at radius 2 is 2.16 bits per heavy atom. The molecule has 1 heterocycles. The lowest BCUT2D eigenvalue weighted by molar-refractivity contribution is 0.0697. The molecular weight excluding hydrogens is 242 g/mol. The zero-order valence-corrected chi connectivity index (χ0v) is 11.3. The van der Waals surface area contributed by atoms with Gasteiger partial charge in [-0.2, -0.15) is 0 Å². The van der Waals surface area contributed by atoms with Crippen LogP contribution >= 0.6 is 0 Å². The topological polar surface area (TPSA) is 62.5 Å². The molecular formula is C15H19NO3. The van der Waals surface area contributed by atoms with Gasteiger partial charge < -0.3 is 14.8 Å². The molecule has 2 aromatic rings. The molecule has 0 aliphatic carbocycles. The van der Waals surface area contributed by atoms with Crippen molar-refractivity contribution in [3.63, 3.8) is 0 Å². The highest BCUT2D eigenvalue weighted by molar-refractivity contribution is 5.94. The molecule has 0 aliphatic rings. The normalized spacial score (nSPS) is 12.8. The average molecular weight is 261 g/mol. The monoisotopic (exact) mass is 261 g/mol. The molecule has 4 nitrogen and oxygen atoms in total. The molecule has 1 aromatic carbocycles. The third-order valence-electron chi connectivity index (χ3n) is 3.36. The molecule has 4 heteroatoms. The third kappa shape index (κ3) is 2.63. The summed E-state index contributed by atoms with van der Waals surface area (Å²) in [7, 11) is 0. The Kier molecular flexibility index (Phi) is 3.90. The summed E-state index contributed by atoms with van der Waals surface area (Å²) < 4.78 is 2.04. The highest BCUT2D eigenvalue weighted by Gasteiger charge is 2.14. The molecule has 102 valence electrons. The van der Waals surface area contributed by atoms with E-state index in [1.165, 1.54) is 0 Å². The first-order chi connectivity index (χ1) is 9.04. The van der Waals surface area contributed by atoms with Crippen molar-refractivity contribution in [1.29, 1.82) is 0 Å². The number of hydrogen-bond donors (Lipinski definition) is 2. The van der Waals surface area contributed by atoms with Gasteiger partial charge in [0.15, 0.2) is 0 Å². The number of carbonyl (C=O) groups is 1. The van der Waals surface area contributed by atoms with Gasteiger partial charge in [0.1, 0.15) is 0 Å². The van der Waals surface area contributed by atoms with Crippen LogP contribution in [0.1, 0.15) is 48.7 Å². The number of carboxylic acids is 1. The molecule has 0 radical (unpaired) electrons. The van der Waals surface area contributed by atoms with E-state index in [0.717, 1.165) is 35.9 Å². The predicted molar refractivity (Wildman–Crippen MR) is 74.4 cm³/mol. The van der Waals surface area contributed by atoms with Crippen LogP contribution in [0.25, 0.3) is 10.9 Å². The van der Waals surface area contributed by atoms with Crippen LogP contribution in [0.2, 0.25) is 0 Å². The number of hydrogen-bond acceptors (Lipinski definition) is 2. The van der Waals surface area contributed by atoms with Gasteiger partial charge in [-0.1, -0.05) is 19.4 Å². The number of benzene rings is 1. The first-order valence-corrected chi connectivity index (χ1v) is 6.58. The van der Waals surface area contributed by atoms with Crippen LogP contribution in [0, 0.1) is 0 Å². The number of rotatable bonds is 5. The number of aryl methyl sites for hydroxylation is 1. The second-order valence-electron chi connectivity index (χ2n) is 4.84. The Hall–Kier alpha value is -1.81. The largest absolute Gasteiger partial charge is 0.478 e. The number of fused-ring (bicyclic) bond motifs is 1. The maximum absolute atomic E-state index is 11.1. The van der Waals surface area contributed by atoms with Crippen molar-refractivity contribution in [3.05, 3.63) is 35.5 Å². The number of nitrogens with zero attached hydrogens (tertiary/aromatic N) is 1. The number of aliphatic hydroxyl groups excluding tert-OH is 1. The maximum Gasteiger partial charge on any atom is 0.335 e. The first-order valence-electron chi connectivity index (χ1n) is 6.58. The van der Waals surface area contributed by atoms with Crippen LogP contribution in [0.4, 0.5) is 0 Å². The summed E-state index contributed by atoms with van der Waals surface area (Å²) in [5, 5.41) is 19.8. The molecule has 0 aliphatic heterocycles. The minimum absolute atomic E-state index is 0.278. The van der Waals surface area contributed by atoms with Gasteiger partial charge in [-0.3, -0.25) is 0 Å². The van der Waals surface area contributed by atoms with Gasteiger partial charge in [0.2, 0.25) is 0 Å². The second kappa shape index (κ2) is 5.45. The Morgan fingerprint density at radius 1 is 1.42 bits per heavy atom. The van der Waals surface area contributed by atoms with E-state index < -0.39 is 12.1 Å². The Balaban J connectivity index is 2.58. The fraction of sp³-hybridized carbons (Fsp3) is 0.400. The van der Waals surface area contributed by atoms with Crippen LogP contribution in [0.5, 0.6) is 0 Å². The summed E-state index contributed by atoms with van der Waals surface area (Å²) in [6.45, 7) is 4.68. The summed E-state index contributed by atoms with van der Waals surface area (Å²) in [6, 6.07) is 5.04. The molecule has 1 atom stereocenters. The van der Waals surface area contributed by atoms with Crippen LogP contribution in [0.15, 0.2) is 24.4 Å². The van der Waals surface area contributed by atoms with Crippen molar-refractivity contribution >= 4 is 16.9 Å². The standard InChI is InChI=1S/C15H19NO3/c1-3-4-7-16-9-13(10(2)17)12-6-5-11(15(18)19)8-14(12)16/h5-6,8-10,17H,3-4,7H2,1-2H3,(H,18,19). The fourth-order valence-corrected chi connectivity index (χ4v) is 2.30. The quantitative estimate of drug-likeness (QED) is 0.868. The van der Waals surface area contributed by atoms with E-state index >= 15 is 0 Å². The van der Waals surface area contributed by atoms with Crippen molar-refractivity contribution in [2.45, 2.75) is 39.3 Å². The highest BCUT2D eigenvalue weighted by atomic mass is 16.4. The Labute approximate surface area is 112 Å². The predicted octanol–water partition coefficient (Wildman–Crippen LogP) is 3.19. The summed E-state index contributed by atoms with van der Waals surface area (Å²) >= 11 is 0. The fourth-order valence-electron chi connectivity index (χ4n) is 2.30. The summed E-state index contributed by atoms with van der Waals surface area (Å²) in [6.07, 6.45) is 3.47. The number of aromatic carboxylic acids is 1. The SMILES string of the molecule is CCCCn1cc(C(C)O)c2ccc(C(=O)O)cc21. The minimum atomic E-state index is -0.927. The van der Waals surface area contributed by atoms with Crippen molar-refractivity contribution in [3.8, 4) is 0 Å². The van der Waals surface area contributed by atoms with E-state index in [-0.39, 0.29) is 5.56 Å². The van der Waals surface area contributed by atoms with Crippen molar-refractivity contribution in [2.24, 2.45) is 0 Å². The number of carboxylic acid groups (broad SMARTS) is 1. The van der Waals surface area contributed by atoms with Crippen LogP contribution < -0.4 is 0 Å². The van der Waals surface area contributed by atoms with Crippen LogP contribution in [-0.2, 0) is 6.54 Å². The molecule has 2 rings (SSSR count). The van der Waals surface area contributed by atoms with Gasteiger partial charge >= 0.3 is 5.97 Å². The van der Waals surface area contributed by atoms with E-state index in [1.54, 1.807) is 25.1 Å². The minimum Gasteiger partial charge on any atom is -0.478 e. The molecule has 0 amide bonds. The summed E-state index contributed by atoms with van der Waals surface area (Å²) in [5.74, 6) is -0.927. The second-order valence-corrected chi connectivity index (χ2v) is 4.84. The molecule has 0 saturated heterocycles. The van der Waals surface area contributed by atoms with Gasteiger partial charge in [-0.05, 0) is 25.5 Å². The van der Waals surface area contributed by atoms with Crippen LogP contribution in [-0.4, -0.2) is 20.7 Å². The maximum atomic E-state index is 11.1. The Bertz CT molecular complexity index is 599. The molecule has 1 aromatic heterocycles. The van der Waals surface area contributed by atoms with Gasteiger partial charge in [0.05, 0.1) is 11.7 Å². The first kappa shape index (κ1) is 13.6. The lowest BCUT2D eigenvalue weighted by atomic mass is 10.1. The Morgan fingerprint density at radius 3 is 2.74 bits per heavy atom. The van der Waals surface area contributed by atoms with E-state index in [9.17, 15) is 9.90 Å². The van der Waals surface area contributed by atoms with Gasteiger partial charge in [0.25, 0.3) is 0 Å².